The van der Waals surface area contributed by atoms with Gasteiger partial charge in [0.1, 0.15) is 0 Å². The van der Waals surface area contributed by atoms with Crippen LogP contribution in [-0.2, 0) is 16.1 Å². The number of hydrogen-bond acceptors (Lipinski definition) is 3. The van der Waals surface area contributed by atoms with Crippen LogP contribution in [0.5, 0.6) is 0 Å². The fraction of sp³-hybridized carbons (Fsp3) is 0.300. The molecule has 1 unspecified atom stereocenters. The van der Waals surface area contributed by atoms with E-state index in [4.69, 9.17) is 0 Å². The molecule has 0 spiro atoms. The van der Waals surface area contributed by atoms with Crippen LogP contribution in [0.15, 0.2) is 54.6 Å². The Bertz CT molecular complexity index is 729. The van der Waals surface area contributed by atoms with Crippen LogP contribution in [0.2, 0.25) is 0 Å². The van der Waals surface area contributed by atoms with Crippen molar-refractivity contribution in [3.05, 3.63) is 60.2 Å². The largest absolute Gasteiger partial charge is 0.338 e. The van der Waals surface area contributed by atoms with Gasteiger partial charge in [-0.15, -0.1) is 0 Å². The molecule has 0 N–H and O–H groups in total. The summed E-state index contributed by atoms with van der Waals surface area (Å²) in [6.45, 7) is 2.96. The molecule has 0 bridgehead atoms. The molecule has 0 radical (unpaired) electrons. The minimum absolute atomic E-state index is 0.122. The molecule has 2 aromatic carbocycles. The monoisotopic (exact) mass is 339 g/mol. The van der Waals surface area contributed by atoms with E-state index in [9.17, 15) is 9.59 Å². The van der Waals surface area contributed by atoms with E-state index in [0.717, 1.165) is 17.9 Å². The minimum Gasteiger partial charge on any atom is -0.338 e. The van der Waals surface area contributed by atoms with Crippen LogP contribution in [0, 0.1) is 5.92 Å². The molecule has 1 saturated heterocycles. The van der Waals surface area contributed by atoms with Crippen molar-refractivity contribution >= 4 is 22.8 Å². The van der Waals surface area contributed by atoms with E-state index in [1.807, 2.05) is 29.2 Å². The summed E-state index contributed by atoms with van der Waals surface area (Å²) < 4.78 is 0. The number of nitrogens with zero attached hydrogens (tertiary/aromatic N) is 1. The number of amides is 1. The molecule has 2 aromatic rings. The lowest BCUT2D eigenvalue weighted by molar-refractivity contribution is -0.128. The summed E-state index contributed by atoms with van der Waals surface area (Å²) in [4.78, 5) is 25.2. The van der Waals surface area contributed by atoms with E-state index in [0.29, 0.717) is 13.0 Å². The van der Waals surface area contributed by atoms with E-state index in [1.165, 1.54) is 22.9 Å². The lowest BCUT2D eigenvalue weighted by atomic mass is 10.0. The van der Waals surface area contributed by atoms with Crippen LogP contribution >= 0.6 is 11.8 Å². The molecule has 3 nitrogen and oxygen atoms in total. The summed E-state index contributed by atoms with van der Waals surface area (Å²) >= 11 is 1.32. The van der Waals surface area contributed by atoms with Crippen molar-refractivity contribution in [2.45, 2.75) is 19.9 Å². The first-order valence-corrected chi connectivity index (χ1v) is 9.16. The highest BCUT2D eigenvalue weighted by atomic mass is 32.2. The molecule has 124 valence electrons. The lowest BCUT2D eigenvalue weighted by Gasteiger charge is -2.17. The highest BCUT2D eigenvalue weighted by Crippen LogP contribution is 2.25. The summed E-state index contributed by atoms with van der Waals surface area (Å²) in [5, 5.41) is 0.122. The summed E-state index contributed by atoms with van der Waals surface area (Å²) in [6.07, 6.45) is 0.554. The van der Waals surface area contributed by atoms with Crippen molar-refractivity contribution in [3.63, 3.8) is 0 Å². The maximum atomic E-state index is 12.2. The van der Waals surface area contributed by atoms with Crippen molar-refractivity contribution in [2.75, 3.05) is 12.3 Å². The number of rotatable bonds is 5. The predicted octanol–water partition coefficient (Wildman–Crippen LogP) is 3.98. The van der Waals surface area contributed by atoms with E-state index in [2.05, 4.69) is 30.3 Å². The van der Waals surface area contributed by atoms with Gasteiger partial charge in [-0.05, 0) is 28.7 Å². The molecule has 4 heteroatoms. The number of benzene rings is 2. The lowest BCUT2D eigenvalue weighted by Crippen LogP contribution is -2.24. The average molecular weight is 339 g/mol. The molecule has 1 aliphatic rings. The van der Waals surface area contributed by atoms with Gasteiger partial charge in [-0.2, -0.15) is 0 Å². The Morgan fingerprint density at radius 2 is 1.88 bits per heavy atom. The molecule has 0 aromatic heterocycles. The Kier molecular flexibility index (Phi) is 5.36. The van der Waals surface area contributed by atoms with Crippen LogP contribution in [0.1, 0.15) is 18.9 Å². The molecule has 0 aliphatic carbocycles. The summed E-state index contributed by atoms with van der Waals surface area (Å²) in [6, 6.07) is 18.6. The minimum atomic E-state index is 0.122. The molecule has 1 amide bonds. The molecular weight excluding hydrogens is 318 g/mol. The summed E-state index contributed by atoms with van der Waals surface area (Å²) in [5.41, 5.74) is 3.50. The zero-order valence-corrected chi connectivity index (χ0v) is 14.6. The third-order valence-corrected chi connectivity index (χ3v) is 5.27. The molecule has 1 atom stereocenters. The Morgan fingerprint density at radius 3 is 2.62 bits per heavy atom. The predicted molar refractivity (Wildman–Crippen MR) is 98.5 cm³/mol. The smallest absolute Gasteiger partial charge is 0.223 e. The van der Waals surface area contributed by atoms with Crippen LogP contribution < -0.4 is 0 Å². The highest BCUT2D eigenvalue weighted by molar-refractivity contribution is 8.13. The van der Waals surface area contributed by atoms with Gasteiger partial charge in [-0.1, -0.05) is 60.3 Å². The quantitative estimate of drug-likeness (QED) is 0.827. The van der Waals surface area contributed by atoms with Gasteiger partial charge < -0.3 is 4.90 Å². The molecule has 1 heterocycles. The van der Waals surface area contributed by atoms with Gasteiger partial charge >= 0.3 is 0 Å². The molecule has 3 rings (SSSR count). The third kappa shape index (κ3) is 4.26. The van der Waals surface area contributed by atoms with Crippen LogP contribution in [0.25, 0.3) is 11.1 Å². The first-order valence-electron chi connectivity index (χ1n) is 8.17. The van der Waals surface area contributed by atoms with Crippen LogP contribution in [0.3, 0.4) is 0 Å². The molecule has 0 saturated carbocycles. The van der Waals surface area contributed by atoms with Crippen molar-refractivity contribution in [2.24, 2.45) is 5.92 Å². The Labute approximate surface area is 147 Å². The first-order chi connectivity index (χ1) is 11.6. The number of likely N-dealkylation sites (tertiary alicyclic amines) is 1. The zero-order valence-electron chi connectivity index (χ0n) is 13.8. The molecule has 24 heavy (non-hydrogen) atoms. The van der Waals surface area contributed by atoms with E-state index >= 15 is 0 Å². The van der Waals surface area contributed by atoms with Crippen LogP contribution in [-0.4, -0.2) is 28.2 Å². The zero-order chi connectivity index (χ0) is 16.9. The second-order valence-electron chi connectivity index (χ2n) is 6.21. The fourth-order valence-corrected chi connectivity index (χ4v) is 3.75. The average Bonchev–Trinajstić information content (AvgIpc) is 2.94. The maximum absolute atomic E-state index is 12.2. The first kappa shape index (κ1) is 16.8. The molecule has 1 aliphatic heterocycles. The van der Waals surface area contributed by atoms with E-state index in [1.54, 1.807) is 6.92 Å². The van der Waals surface area contributed by atoms with Gasteiger partial charge in [0.15, 0.2) is 5.12 Å². The van der Waals surface area contributed by atoms with Crippen molar-refractivity contribution in [1.29, 1.82) is 0 Å². The topological polar surface area (TPSA) is 37.4 Å². The van der Waals surface area contributed by atoms with Crippen LogP contribution in [0.4, 0.5) is 0 Å². The standard InChI is InChI=1S/C20H21NO2S/c1-15(22)24-14-17-11-20(23)21(13-17)12-16-6-5-9-19(10-16)18-7-3-2-4-8-18/h2-10,17H,11-14H2,1H3. The second kappa shape index (κ2) is 7.67. The maximum Gasteiger partial charge on any atom is 0.223 e. The second-order valence-corrected chi connectivity index (χ2v) is 7.41. The van der Waals surface area contributed by atoms with Gasteiger partial charge in [0, 0.05) is 32.2 Å². The molecule has 1 fully saturated rings. The highest BCUT2D eigenvalue weighted by Gasteiger charge is 2.29. The Hall–Kier alpha value is -2.07. The van der Waals surface area contributed by atoms with Crippen molar-refractivity contribution < 1.29 is 9.59 Å². The normalized spacial score (nSPS) is 17.3. The Balaban J connectivity index is 1.66. The van der Waals surface area contributed by atoms with Gasteiger partial charge in [0.25, 0.3) is 0 Å². The Morgan fingerprint density at radius 1 is 1.12 bits per heavy atom. The number of carbonyl (C=O) groups excluding carboxylic acids is 2. The summed E-state index contributed by atoms with van der Waals surface area (Å²) in [7, 11) is 0. The van der Waals surface area contributed by atoms with E-state index < -0.39 is 0 Å². The van der Waals surface area contributed by atoms with Crippen molar-refractivity contribution in [3.8, 4) is 11.1 Å². The molecular formula is C20H21NO2S. The SMILES string of the molecule is CC(=O)SCC1CC(=O)N(Cc2cccc(-c3ccccc3)c2)C1. The third-order valence-electron chi connectivity index (χ3n) is 4.22. The van der Waals surface area contributed by atoms with Gasteiger partial charge in [0.2, 0.25) is 5.91 Å². The van der Waals surface area contributed by atoms with Gasteiger partial charge in [-0.3, -0.25) is 9.59 Å². The fourth-order valence-electron chi connectivity index (χ4n) is 3.05. The van der Waals surface area contributed by atoms with Crippen molar-refractivity contribution in [1.82, 2.24) is 4.90 Å². The van der Waals surface area contributed by atoms with Gasteiger partial charge in [-0.25, -0.2) is 0 Å². The van der Waals surface area contributed by atoms with Gasteiger partial charge in [0.05, 0.1) is 0 Å². The number of thioether (sulfide) groups is 1. The number of hydrogen-bond donors (Lipinski definition) is 0. The van der Waals surface area contributed by atoms with E-state index in [-0.39, 0.29) is 16.9 Å². The number of carbonyl (C=O) groups is 2. The summed E-state index contributed by atoms with van der Waals surface area (Å²) in [5.74, 6) is 1.21.